The number of rotatable bonds is 5. The Labute approximate surface area is 218 Å². The topological polar surface area (TPSA) is 88.9 Å². The van der Waals surface area contributed by atoms with E-state index in [4.69, 9.17) is 14.8 Å². The summed E-state index contributed by atoms with van der Waals surface area (Å²) < 4.78 is 11.3. The van der Waals surface area contributed by atoms with Crippen molar-refractivity contribution in [3.8, 4) is 11.5 Å². The van der Waals surface area contributed by atoms with Crippen molar-refractivity contribution >= 4 is 61.2 Å². The van der Waals surface area contributed by atoms with Gasteiger partial charge in [-0.2, -0.15) is 0 Å². The minimum atomic E-state index is -1.32. The van der Waals surface area contributed by atoms with E-state index in [0.29, 0.717) is 6.42 Å². The molecule has 0 saturated carbocycles. The standard InChI is InChI=1S/C32H24BNO4/c34-32(16-21-18-37-30-8-4-3-7-23(21)30)33(36)38-31-15-20-10-12-26-25-11-9-19-5-1-2-6-22(19)24(25)13-14-27(26)28(20)17-29(31)35/h1-15,17-18,32,35-36H,16,34H2/t32-/m0/s1. The third-order valence-corrected chi connectivity index (χ3v) is 7.45. The van der Waals surface area contributed by atoms with Gasteiger partial charge in [0.2, 0.25) is 0 Å². The molecule has 1 heterocycles. The first-order valence-electron chi connectivity index (χ1n) is 12.6. The van der Waals surface area contributed by atoms with Crippen LogP contribution in [-0.2, 0) is 6.42 Å². The monoisotopic (exact) mass is 497 g/mol. The van der Waals surface area contributed by atoms with Gasteiger partial charge in [0.25, 0.3) is 0 Å². The van der Waals surface area contributed by atoms with Gasteiger partial charge in [-0.3, -0.25) is 0 Å². The predicted molar refractivity (Wildman–Crippen MR) is 155 cm³/mol. The van der Waals surface area contributed by atoms with E-state index >= 15 is 0 Å². The van der Waals surface area contributed by atoms with E-state index < -0.39 is 13.1 Å². The van der Waals surface area contributed by atoms with Crippen LogP contribution >= 0.6 is 0 Å². The third kappa shape index (κ3) is 3.65. The molecular formula is C32H24BNO4. The number of furan rings is 1. The second-order valence-electron chi connectivity index (χ2n) is 9.78. The lowest BCUT2D eigenvalue weighted by atomic mass is 9.76. The molecule has 7 aromatic rings. The number of phenolic OH excluding ortho intramolecular Hbond substituents is 1. The number of nitrogens with two attached hydrogens (primary N) is 1. The van der Waals surface area contributed by atoms with Crippen LogP contribution in [0.1, 0.15) is 5.56 Å². The quantitative estimate of drug-likeness (QED) is 0.182. The summed E-state index contributed by atoms with van der Waals surface area (Å²) in [6.45, 7) is 0. The first-order valence-corrected chi connectivity index (χ1v) is 12.6. The summed E-state index contributed by atoms with van der Waals surface area (Å²) in [5.74, 6) is -0.587. The van der Waals surface area contributed by atoms with Crippen LogP contribution in [0.25, 0.3) is 54.1 Å². The maximum absolute atomic E-state index is 10.9. The maximum Gasteiger partial charge on any atom is 0.540 e. The Bertz CT molecular complexity index is 2000. The molecule has 0 saturated heterocycles. The molecule has 7 rings (SSSR count). The third-order valence-electron chi connectivity index (χ3n) is 7.45. The predicted octanol–water partition coefficient (Wildman–Crippen LogP) is 6.72. The minimum absolute atomic E-state index is 0.0522. The van der Waals surface area contributed by atoms with Gasteiger partial charge in [0, 0.05) is 5.39 Å². The summed E-state index contributed by atoms with van der Waals surface area (Å²) in [6.07, 6.45) is 2.02. The van der Waals surface area contributed by atoms with Crippen LogP contribution in [0.3, 0.4) is 0 Å². The Hall–Kier alpha value is -4.52. The summed E-state index contributed by atoms with van der Waals surface area (Å²) in [5.41, 5.74) is 7.94. The number of para-hydroxylation sites is 1. The summed E-state index contributed by atoms with van der Waals surface area (Å²) in [6, 6.07) is 32.2. The molecule has 4 N–H and O–H groups in total. The van der Waals surface area contributed by atoms with Crippen LogP contribution in [0.5, 0.6) is 11.5 Å². The lowest BCUT2D eigenvalue weighted by molar-refractivity contribution is 0.373. The van der Waals surface area contributed by atoms with E-state index in [0.717, 1.165) is 43.5 Å². The second kappa shape index (κ2) is 8.80. The van der Waals surface area contributed by atoms with Crippen molar-refractivity contribution in [2.45, 2.75) is 12.4 Å². The lowest BCUT2D eigenvalue weighted by Gasteiger charge is -2.18. The summed E-state index contributed by atoms with van der Waals surface area (Å²) in [5, 5.41) is 31.3. The van der Waals surface area contributed by atoms with Crippen molar-refractivity contribution in [2.24, 2.45) is 5.73 Å². The largest absolute Gasteiger partial charge is 0.540 e. The van der Waals surface area contributed by atoms with Crippen molar-refractivity contribution < 1.29 is 19.2 Å². The van der Waals surface area contributed by atoms with Crippen molar-refractivity contribution in [2.75, 3.05) is 0 Å². The molecule has 0 radical (unpaired) electrons. The average Bonchev–Trinajstić information content (AvgIpc) is 3.35. The van der Waals surface area contributed by atoms with Gasteiger partial charge < -0.3 is 24.9 Å². The Morgan fingerprint density at radius 3 is 2.16 bits per heavy atom. The Kier molecular flexibility index (Phi) is 5.25. The van der Waals surface area contributed by atoms with Crippen LogP contribution in [-0.4, -0.2) is 23.2 Å². The highest BCUT2D eigenvalue weighted by atomic mass is 16.5. The fourth-order valence-electron chi connectivity index (χ4n) is 5.51. The molecule has 0 aliphatic heterocycles. The van der Waals surface area contributed by atoms with E-state index in [-0.39, 0.29) is 11.5 Å². The van der Waals surface area contributed by atoms with Gasteiger partial charge in [0.05, 0.1) is 12.2 Å². The molecular weight excluding hydrogens is 473 g/mol. The number of aromatic hydroxyl groups is 1. The van der Waals surface area contributed by atoms with Gasteiger partial charge in [-0.1, -0.05) is 78.9 Å². The van der Waals surface area contributed by atoms with E-state index in [1.807, 2.05) is 30.3 Å². The molecule has 184 valence electrons. The molecule has 0 amide bonds. The van der Waals surface area contributed by atoms with Crippen molar-refractivity contribution in [1.82, 2.24) is 0 Å². The zero-order chi connectivity index (χ0) is 25.8. The van der Waals surface area contributed by atoms with Crippen LogP contribution in [0, 0.1) is 0 Å². The normalized spacial score (nSPS) is 12.6. The van der Waals surface area contributed by atoms with Gasteiger partial charge in [0.1, 0.15) is 11.3 Å². The Morgan fingerprint density at radius 1 is 0.711 bits per heavy atom. The van der Waals surface area contributed by atoms with Gasteiger partial charge >= 0.3 is 7.12 Å². The maximum atomic E-state index is 10.9. The minimum Gasteiger partial charge on any atom is -0.533 e. The fourth-order valence-corrected chi connectivity index (χ4v) is 5.51. The first kappa shape index (κ1) is 22.7. The number of hydrogen-bond acceptors (Lipinski definition) is 5. The van der Waals surface area contributed by atoms with E-state index in [1.165, 1.54) is 16.2 Å². The highest BCUT2D eigenvalue weighted by Gasteiger charge is 2.28. The van der Waals surface area contributed by atoms with Crippen LogP contribution in [0.4, 0.5) is 0 Å². The molecule has 0 unspecified atom stereocenters. The molecule has 1 atom stereocenters. The summed E-state index contributed by atoms with van der Waals surface area (Å²) >= 11 is 0. The fraction of sp³-hybridized carbons (Fsp3) is 0.0625. The Morgan fingerprint density at radius 2 is 1.34 bits per heavy atom. The van der Waals surface area contributed by atoms with Gasteiger partial charge in [-0.05, 0) is 73.3 Å². The molecule has 0 fully saturated rings. The van der Waals surface area contributed by atoms with Crippen molar-refractivity contribution in [3.05, 3.63) is 109 Å². The molecule has 38 heavy (non-hydrogen) atoms. The van der Waals surface area contributed by atoms with E-state index in [1.54, 1.807) is 18.4 Å². The summed E-state index contributed by atoms with van der Waals surface area (Å²) in [7, 11) is -1.32. The number of fused-ring (bicyclic) bond motifs is 8. The van der Waals surface area contributed by atoms with Crippen LogP contribution in [0.15, 0.2) is 108 Å². The highest BCUT2D eigenvalue weighted by Crippen LogP contribution is 2.39. The van der Waals surface area contributed by atoms with Gasteiger partial charge in [0.15, 0.2) is 5.75 Å². The van der Waals surface area contributed by atoms with E-state index in [9.17, 15) is 10.1 Å². The number of benzene rings is 6. The van der Waals surface area contributed by atoms with E-state index in [2.05, 4.69) is 54.6 Å². The molecule has 0 aliphatic carbocycles. The molecule has 0 spiro atoms. The summed E-state index contributed by atoms with van der Waals surface area (Å²) in [4.78, 5) is 0. The molecule has 6 heteroatoms. The first-order chi connectivity index (χ1) is 18.6. The van der Waals surface area contributed by atoms with Gasteiger partial charge in [-0.15, -0.1) is 0 Å². The van der Waals surface area contributed by atoms with Crippen LogP contribution < -0.4 is 10.4 Å². The van der Waals surface area contributed by atoms with Crippen LogP contribution in [0.2, 0.25) is 0 Å². The smallest absolute Gasteiger partial charge is 0.533 e. The van der Waals surface area contributed by atoms with Crippen molar-refractivity contribution in [1.29, 1.82) is 0 Å². The molecule has 1 aromatic heterocycles. The highest BCUT2D eigenvalue weighted by molar-refractivity contribution is 6.46. The average molecular weight is 497 g/mol. The molecule has 0 aliphatic rings. The lowest BCUT2D eigenvalue weighted by Crippen LogP contribution is -2.45. The second-order valence-corrected chi connectivity index (χ2v) is 9.78. The van der Waals surface area contributed by atoms with Gasteiger partial charge in [-0.25, -0.2) is 0 Å². The Balaban J connectivity index is 1.22. The zero-order valence-electron chi connectivity index (χ0n) is 20.5. The zero-order valence-corrected chi connectivity index (χ0v) is 20.5. The molecule has 5 nitrogen and oxygen atoms in total. The molecule has 6 aromatic carbocycles. The number of hydrogen-bond donors (Lipinski definition) is 3. The van der Waals surface area contributed by atoms with Crippen molar-refractivity contribution in [3.63, 3.8) is 0 Å². The number of phenols is 1. The SMILES string of the molecule is N[C@@H](Cc1coc2ccccc12)B(O)Oc1cc2ccc3c(ccc4c5ccccc5ccc43)c2cc1O. The molecule has 0 bridgehead atoms.